The van der Waals surface area contributed by atoms with Crippen LogP contribution in [-0.4, -0.2) is 35.2 Å². The number of fused-ring (bicyclic) bond motifs is 1. The molecule has 0 saturated carbocycles. The smallest absolute Gasteiger partial charge is 0.308 e. The lowest BCUT2D eigenvalue weighted by molar-refractivity contribution is -0.156. The quantitative estimate of drug-likeness (QED) is 0.822. The van der Waals surface area contributed by atoms with Gasteiger partial charge in [-0.2, -0.15) is 0 Å². The fraction of sp³-hybridized carbons (Fsp3) is 0.500. The van der Waals surface area contributed by atoms with Crippen LogP contribution < -0.4 is 10.6 Å². The first-order valence-corrected chi connectivity index (χ1v) is 7.28. The van der Waals surface area contributed by atoms with Gasteiger partial charge < -0.3 is 20.5 Å². The lowest BCUT2D eigenvalue weighted by Crippen LogP contribution is -2.45. The molecule has 1 aromatic carbocycles. The molecular weight excluding hydrogens is 284 g/mol. The van der Waals surface area contributed by atoms with Gasteiger partial charge in [-0.05, 0) is 51.0 Å². The van der Waals surface area contributed by atoms with Crippen LogP contribution in [-0.2, 0) is 20.7 Å². The Morgan fingerprint density at radius 2 is 2.09 bits per heavy atom. The fourth-order valence-corrected chi connectivity index (χ4v) is 2.47. The highest BCUT2D eigenvalue weighted by molar-refractivity contribution is 6.00. The molecule has 0 bridgehead atoms. The predicted octanol–water partition coefficient (Wildman–Crippen LogP) is 1.34. The van der Waals surface area contributed by atoms with Crippen molar-refractivity contribution in [3.8, 4) is 5.75 Å². The van der Waals surface area contributed by atoms with Crippen molar-refractivity contribution in [2.24, 2.45) is 5.73 Å². The Hall–Kier alpha value is -2.08. The second-order valence-electron chi connectivity index (χ2n) is 6.45. The van der Waals surface area contributed by atoms with Crippen molar-refractivity contribution < 1.29 is 19.4 Å². The molecule has 1 heterocycles. The number of aromatic hydroxyl groups is 1. The Kier molecular flexibility index (Phi) is 4.42. The standard InChI is InChI=1S/C16H22N2O4/c1-16(2,3)22-14(20)9-12(17)15(21)18-7-6-10-8-11(19)4-5-13(10)18/h4-5,8,12,19H,6-7,9,17H2,1-3H3/t12-/m1/s1. The van der Waals surface area contributed by atoms with Gasteiger partial charge in [-0.1, -0.05) is 0 Å². The van der Waals surface area contributed by atoms with Gasteiger partial charge in [-0.25, -0.2) is 0 Å². The summed E-state index contributed by atoms with van der Waals surface area (Å²) >= 11 is 0. The molecule has 0 aromatic heterocycles. The molecule has 6 heteroatoms. The zero-order chi connectivity index (χ0) is 16.5. The summed E-state index contributed by atoms with van der Waals surface area (Å²) in [4.78, 5) is 25.8. The number of esters is 1. The Balaban J connectivity index is 2.03. The first kappa shape index (κ1) is 16.3. The molecule has 0 spiro atoms. The number of hydrogen-bond acceptors (Lipinski definition) is 5. The van der Waals surface area contributed by atoms with Gasteiger partial charge in [-0.15, -0.1) is 0 Å². The van der Waals surface area contributed by atoms with E-state index in [1.54, 1.807) is 37.8 Å². The van der Waals surface area contributed by atoms with Gasteiger partial charge in [0.1, 0.15) is 11.4 Å². The average Bonchev–Trinajstić information content (AvgIpc) is 2.77. The third-order valence-electron chi connectivity index (χ3n) is 3.35. The zero-order valence-corrected chi connectivity index (χ0v) is 13.1. The number of anilines is 1. The van der Waals surface area contributed by atoms with Crippen LogP contribution in [0.2, 0.25) is 0 Å². The number of nitrogens with two attached hydrogens (primary N) is 1. The van der Waals surface area contributed by atoms with Crippen molar-refractivity contribution in [2.75, 3.05) is 11.4 Å². The maximum absolute atomic E-state index is 12.4. The van der Waals surface area contributed by atoms with Gasteiger partial charge >= 0.3 is 5.97 Å². The average molecular weight is 306 g/mol. The second-order valence-corrected chi connectivity index (χ2v) is 6.45. The Bertz CT molecular complexity index is 592. The molecule has 0 radical (unpaired) electrons. The molecule has 0 unspecified atom stereocenters. The van der Waals surface area contributed by atoms with Crippen molar-refractivity contribution in [3.63, 3.8) is 0 Å². The van der Waals surface area contributed by atoms with Crippen LogP contribution in [0.5, 0.6) is 5.75 Å². The van der Waals surface area contributed by atoms with E-state index in [-0.39, 0.29) is 18.1 Å². The topological polar surface area (TPSA) is 92.9 Å². The molecule has 2 rings (SSSR count). The van der Waals surface area contributed by atoms with Crippen molar-refractivity contribution in [1.29, 1.82) is 0 Å². The summed E-state index contributed by atoms with van der Waals surface area (Å²) < 4.78 is 5.18. The van der Waals surface area contributed by atoms with E-state index < -0.39 is 17.6 Å². The molecule has 0 fully saturated rings. The van der Waals surface area contributed by atoms with Crippen LogP contribution >= 0.6 is 0 Å². The molecule has 1 aromatic rings. The summed E-state index contributed by atoms with van der Waals surface area (Å²) in [6.07, 6.45) is 0.509. The van der Waals surface area contributed by atoms with Gasteiger partial charge in [0, 0.05) is 12.2 Å². The van der Waals surface area contributed by atoms with E-state index in [1.807, 2.05) is 0 Å². The van der Waals surface area contributed by atoms with Crippen LogP contribution in [0.15, 0.2) is 18.2 Å². The van der Waals surface area contributed by atoms with Crippen LogP contribution in [0.3, 0.4) is 0 Å². The normalized spacial score (nSPS) is 15.4. The van der Waals surface area contributed by atoms with E-state index in [9.17, 15) is 14.7 Å². The van der Waals surface area contributed by atoms with Crippen LogP contribution in [0.25, 0.3) is 0 Å². The molecule has 1 atom stereocenters. The zero-order valence-electron chi connectivity index (χ0n) is 13.1. The Morgan fingerprint density at radius 3 is 2.73 bits per heavy atom. The lowest BCUT2D eigenvalue weighted by atomic mass is 10.1. The Morgan fingerprint density at radius 1 is 1.41 bits per heavy atom. The Labute approximate surface area is 129 Å². The van der Waals surface area contributed by atoms with Crippen LogP contribution in [0, 0.1) is 0 Å². The number of nitrogens with zero attached hydrogens (tertiary/aromatic N) is 1. The van der Waals surface area contributed by atoms with Crippen molar-refractivity contribution in [3.05, 3.63) is 23.8 Å². The van der Waals surface area contributed by atoms with Crippen LogP contribution in [0.1, 0.15) is 32.8 Å². The van der Waals surface area contributed by atoms with E-state index in [0.29, 0.717) is 13.0 Å². The minimum absolute atomic E-state index is 0.153. The molecule has 6 nitrogen and oxygen atoms in total. The number of amides is 1. The van der Waals surface area contributed by atoms with E-state index in [1.165, 1.54) is 6.07 Å². The number of phenolic OH excluding ortho intramolecular Hbond substituents is 1. The number of hydrogen-bond donors (Lipinski definition) is 2. The number of carbonyl (C=O) groups is 2. The van der Waals surface area contributed by atoms with E-state index >= 15 is 0 Å². The van der Waals surface area contributed by atoms with Crippen molar-refractivity contribution in [2.45, 2.75) is 45.3 Å². The van der Waals surface area contributed by atoms with Gasteiger partial charge in [0.15, 0.2) is 0 Å². The number of carbonyl (C=O) groups excluding carboxylic acids is 2. The van der Waals surface area contributed by atoms with Gasteiger partial charge in [-0.3, -0.25) is 9.59 Å². The first-order valence-electron chi connectivity index (χ1n) is 7.28. The third kappa shape index (κ3) is 3.76. The number of ether oxygens (including phenoxy) is 1. The molecule has 22 heavy (non-hydrogen) atoms. The summed E-state index contributed by atoms with van der Waals surface area (Å²) in [5, 5.41) is 9.47. The van der Waals surface area contributed by atoms with E-state index in [0.717, 1.165) is 11.3 Å². The highest BCUT2D eigenvalue weighted by Crippen LogP contribution is 2.31. The highest BCUT2D eigenvalue weighted by atomic mass is 16.6. The molecule has 1 aliphatic heterocycles. The fourth-order valence-electron chi connectivity index (χ4n) is 2.47. The van der Waals surface area contributed by atoms with Gasteiger partial charge in [0.05, 0.1) is 12.5 Å². The van der Waals surface area contributed by atoms with Gasteiger partial charge in [0.25, 0.3) is 0 Å². The summed E-state index contributed by atoms with van der Waals surface area (Å²) in [5.74, 6) is -0.625. The van der Waals surface area contributed by atoms with E-state index in [2.05, 4.69) is 0 Å². The SMILES string of the molecule is CC(C)(C)OC(=O)C[C@@H](N)C(=O)N1CCc2cc(O)ccc21. The van der Waals surface area contributed by atoms with Gasteiger partial charge in [0.2, 0.25) is 5.91 Å². The maximum atomic E-state index is 12.4. The number of phenols is 1. The van der Waals surface area contributed by atoms with Crippen molar-refractivity contribution in [1.82, 2.24) is 0 Å². The summed E-state index contributed by atoms with van der Waals surface area (Å²) in [5.41, 5.74) is 6.90. The second kappa shape index (κ2) is 5.96. The first-order chi connectivity index (χ1) is 10.2. The summed E-state index contributed by atoms with van der Waals surface area (Å²) in [6, 6.07) is 3.93. The molecule has 120 valence electrons. The maximum Gasteiger partial charge on any atom is 0.308 e. The monoisotopic (exact) mass is 306 g/mol. The molecule has 0 aliphatic carbocycles. The highest BCUT2D eigenvalue weighted by Gasteiger charge is 2.30. The molecule has 1 amide bonds. The predicted molar refractivity (Wildman–Crippen MR) is 82.6 cm³/mol. The number of benzene rings is 1. The molecule has 3 N–H and O–H groups in total. The lowest BCUT2D eigenvalue weighted by Gasteiger charge is -2.23. The third-order valence-corrected chi connectivity index (χ3v) is 3.35. The summed E-state index contributed by atoms with van der Waals surface area (Å²) in [7, 11) is 0. The number of rotatable bonds is 3. The molecule has 1 aliphatic rings. The molecule has 0 saturated heterocycles. The van der Waals surface area contributed by atoms with Crippen molar-refractivity contribution >= 4 is 17.6 Å². The molecular formula is C16H22N2O4. The minimum Gasteiger partial charge on any atom is -0.508 e. The largest absolute Gasteiger partial charge is 0.508 e. The van der Waals surface area contributed by atoms with Crippen LogP contribution in [0.4, 0.5) is 5.69 Å². The van der Waals surface area contributed by atoms with E-state index in [4.69, 9.17) is 10.5 Å². The summed E-state index contributed by atoms with van der Waals surface area (Å²) in [6.45, 7) is 5.80. The minimum atomic E-state index is -0.936.